The van der Waals surface area contributed by atoms with E-state index >= 15 is 0 Å². The number of hydrogen-bond donors (Lipinski definition) is 1. The molecular weight excluding hydrogens is 354 g/mol. The number of Topliss-reactive ketones (excluding diaryl/α,β-unsaturated/α-hetero) is 1. The van der Waals surface area contributed by atoms with Crippen molar-refractivity contribution in [3.8, 4) is 0 Å². The molecule has 0 bridgehead atoms. The molecule has 1 aromatic rings. The molecule has 2 rings (SSSR count). The molecule has 0 spiro atoms. The lowest BCUT2D eigenvalue weighted by Crippen LogP contribution is -2.50. The number of nitrogens with one attached hydrogen (secondary N) is 1. The molecule has 7 nitrogen and oxygen atoms in total. The average molecular weight is 380 g/mol. The summed E-state index contributed by atoms with van der Waals surface area (Å²) in [5.74, 6) is -0.762. The lowest BCUT2D eigenvalue weighted by atomic mass is 10.1. The van der Waals surface area contributed by atoms with Crippen molar-refractivity contribution < 1.29 is 18.0 Å². The highest BCUT2D eigenvalue weighted by molar-refractivity contribution is 7.89. The lowest BCUT2D eigenvalue weighted by molar-refractivity contribution is -0.131. The van der Waals surface area contributed by atoms with E-state index in [0.717, 1.165) is 4.31 Å². The zero-order chi connectivity index (χ0) is 19.3. The highest BCUT2D eigenvalue weighted by Crippen LogP contribution is 2.24. The van der Waals surface area contributed by atoms with Gasteiger partial charge in [0.1, 0.15) is 6.04 Å². The van der Waals surface area contributed by atoms with Crippen LogP contribution in [0.15, 0.2) is 23.4 Å². The highest BCUT2D eigenvalue weighted by Gasteiger charge is 2.40. The van der Waals surface area contributed by atoms with E-state index in [2.05, 4.69) is 10.3 Å². The largest absolute Gasteiger partial charge is 0.310 e. The van der Waals surface area contributed by atoms with Gasteiger partial charge < -0.3 is 5.32 Å². The van der Waals surface area contributed by atoms with Crippen LogP contribution >= 0.6 is 0 Å². The number of nitrogens with zero attached hydrogens (tertiary/aromatic N) is 2. The van der Waals surface area contributed by atoms with Crippen LogP contribution in [0.25, 0.3) is 0 Å². The Bertz CT molecular complexity index is 761. The number of pyridine rings is 1. The van der Waals surface area contributed by atoms with Crippen molar-refractivity contribution in [2.75, 3.05) is 13.1 Å². The van der Waals surface area contributed by atoms with Crippen molar-refractivity contribution in [1.29, 1.82) is 0 Å². The normalized spacial score (nSPS) is 18.6. The average Bonchev–Trinajstić information content (AvgIpc) is 2.78. The van der Waals surface area contributed by atoms with E-state index in [-0.39, 0.29) is 23.3 Å². The minimum Gasteiger partial charge on any atom is -0.310 e. The van der Waals surface area contributed by atoms with E-state index < -0.39 is 22.0 Å². The molecule has 1 radical (unpaired) electrons. The zero-order valence-electron chi connectivity index (χ0n) is 15.4. The van der Waals surface area contributed by atoms with Crippen LogP contribution in [0.2, 0.25) is 0 Å². The van der Waals surface area contributed by atoms with Gasteiger partial charge in [-0.1, -0.05) is 19.9 Å². The molecular formula is C18H26N3O4S. The smallest absolute Gasteiger partial charge is 0.284 e. The molecule has 143 valence electrons. The summed E-state index contributed by atoms with van der Waals surface area (Å²) in [4.78, 5) is 29.3. The number of ketones is 1. The molecule has 0 saturated carbocycles. The minimum absolute atomic E-state index is 0.0509. The maximum absolute atomic E-state index is 13.2. The molecule has 1 aliphatic heterocycles. The Morgan fingerprint density at radius 1 is 1.46 bits per heavy atom. The van der Waals surface area contributed by atoms with Crippen LogP contribution in [-0.4, -0.2) is 48.5 Å². The molecule has 8 heteroatoms. The minimum atomic E-state index is -4.23. The quantitative estimate of drug-likeness (QED) is 0.803. The number of carbonyl (C=O) groups excluding carboxylic acids is 2. The molecule has 0 aromatic carbocycles. The van der Waals surface area contributed by atoms with E-state index in [4.69, 9.17) is 0 Å². The summed E-state index contributed by atoms with van der Waals surface area (Å²) in [5.41, 5.74) is 0.438. The summed E-state index contributed by atoms with van der Waals surface area (Å²) in [6.07, 6.45) is 4.08. The number of hydrogen-bond acceptors (Lipinski definition) is 6. The Morgan fingerprint density at radius 2 is 2.19 bits per heavy atom. The first-order valence-electron chi connectivity index (χ1n) is 8.81. The Kier molecular flexibility index (Phi) is 6.88. The van der Waals surface area contributed by atoms with Gasteiger partial charge in [-0.3, -0.25) is 9.59 Å². The molecule has 2 heterocycles. The first-order chi connectivity index (χ1) is 12.2. The second-order valence-electron chi connectivity index (χ2n) is 6.90. The van der Waals surface area contributed by atoms with E-state index in [1.54, 1.807) is 19.1 Å². The van der Waals surface area contributed by atoms with E-state index in [9.17, 15) is 18.0 Å². The Morgan fingerprint density at radius 3 is 2.85 bits per heavy atom. The first-order valence-corrected chi connectivity index (χ1v) is 10.3. The predicted octanol–water partition coefficient (Wildman–Crippen LogP) is 1.48. The number of aromatic nitrogens is 1. The van der Waals surface area contributed by atoms with Crippen molar-refractivity contribution in [2.45, 2.75) is 51.1 Å². The van der Waals surface area contributed by atoms with Gasteiger partial charge in [-0.2, -0.15) is 8.42 Å². The third-order valence-corrected chi connectivity index (χ3v) is 6.10. The number of sulfonamides is 1. The summed E-state index contributed by atoms with van der Waals surface area (Å²) in [5, 5.41) is 2.78. The number of carbonyl (C=O) groups is 2. The summed E-state index contributed by atoms with van der Waals surface area (Å²) >= 11 is 0. The molecule has 1 aromatic heterocycles. The lowest BCUT2D eigenvalue weighted by Gasteiger charge is -2.29. The monoisotopic (exact) mass is 380 g/mol. The number of amides is 1. The number of aryl methyl sites for hydroxylation is 1. The third kappa shape index (κ3) is 4.67. The van der Waals surface area contributed by atoms with Crippen molar-refractivity contribution in [1.82, 2.24) is 14.6 Å². The van der Waals surface area contributed by atoms with Crippen molar-refractivity contribution >= 4 is 21.7 Å². The maximum atomic E-state index is 13.2. The fourth-order valence-electron chi connectivity index (χ4n) is 2.86. The van der Waals surface area contributed by atoms with Crippen LogP contribution in [0.5, 0.6) is 0 Å². The van der Waals surface area contributed by atoms with Crippen LogP contribution in [-0.2, 0) is 19.6 Å². The summed E-state index contributed by atoms with van der Waals surface area (Å²) in [6.45, 7) is 6.16. The molecule has 1 atom stereocenters. The molecule has 26 heavy (non-hydrogen) atoms. The summed E-state index contributed by atoms with van der Waals surface area (Å²) in [6, 6.07) is 2.25. The maximum Gasteiger partial charge on any atom is 0.284 e. The second kappa shape index (κ2) is 8.73. The zero-order valence-corrected chi connectivity index (χ0v) is 16.3. The molecule has 1 amide bonds. The van der Waals surface area contributed by atoms with Crippen molar-refractivity contribution in [3.63, 3.8) is 0 Å². The molecule has 1 aliphatic rings. The van der Waals surface area contributed by atoms with Gasteiger partial charge in [-0.25, -0.2) is 9.29 Å². The summed E-state index contributed by atoms with van der Waals surface area (Å²) < 4.78 is 27.2. The first kappa shape index (κ1) is 20.5. The fraction of sp³-hybridized carbons (Fsp3) is 0.556. The molecule has 0 aliphatic carbocycles. The molecule has 1 fully saturated rings. The Hall–Kier alpha value is -1.80. The van der Waals surface area contributed by atoms with Crippen molar-refractivity contribution in [3.05, 3.63) is 30.3 Å². The van der Waals surface area contributed by atoms with Crippen LogP contribution in [0.4, 0.5) is 0 Å². The third-order valence-electron chi connectivity index (χ3n) is 4.23. The summed E-state index contributed by atoms with van der Waals surface area (Å²) in [7, 11) is -4.23. The fourth-order valence-corrected chi connectivity index (χ4v) is 4.58. The predicted molar refractivity (Wildman–Crippen MR) is 97.7 cm³/mol. The van der Waals surface area contributed by atoms with Gasteiger partial charge in [-0.15, -0.1) is 0 Å². The highest BCUT2D eigenvalue weighted by atomic mass is 32.2. The molecule has 1 N–H and O–H groups in total. The SMILES string of the molecule is Cc1cccnc1S(=O)(=O)N(C(=O)[CH]CC(C)C)[C@H]1CCCNCC1=O. The van der Waals surface area contributed by atoms with Crippen LogP contribution in [0.1, 0.15) is 38.7 Å². The second-order valence-corrected chi connectivity index (χ2v) is 8.63. The van der Waals surface area contributed by atoms with Crippen LogP contribution in [0, 0.1) is 19.3 Å². The van der Waals surface area contributed by atoms with Gasteiger partial charge in [0, 0.05) is 6.20 Å². The van der Waals surface area contributed by atoms with Gasteiger partial charge in [0.15, 0.2) is 10.8 Å². The number of rotatable bonds is 6. The Labute approximate surface area is 155 Å². The standard InChI is InChI=1S/C18H26N3O4S/c1-13(2)8-9-17(23)21(15-7-5-10-19-12-16(15)22)26(24,25)18-14(3)6-4-11-20-18/h4,6,9,11,13,15,19H,5,7-8,10,12H2,1-3H3/t15-/m0/s1. The molecule has 0 unspecified atom stereocenters. The van der Waals surface area contributed by atoms with Crippen molar-refractivity contribution in [2.24, 2.45) is 5.92 Å². The van der Waals surface area contributed by atoms with Gasteiger partial charge in [0.25, 0.3) is 10.0 Å². The topological polar surface area (TPSA) is 96.4 Å². The molecule has 1 saturated heterocycles. The van der Waals surface area contributed by atoms with Crippen LogP contribution < -0.4 is 5.32 Å². The van der Waals surface area contributed by atoms with E-state index in [1.807, 2.05) is 13.8 Å². The van der Waals surface area contributed by atoms with Gasteiger partial charge in [0.05, 0.1) is 13.0 Å². The Balaban J connectivity index is 2.47. The van der Waals surface area contributed by atoms with Crippen LogP contribution in [0.3, 0.4) is 0 Å². The van der Waals surface area contributed by atoms with E-state index in [0.29, 0.717) is 31.4 Å². The van der Waals surface area contributed by atoms with Gasteiger partial charge >= 0.3 is 0 Å². The van der Waals surface area contributed by atoms with E-state index in [1.165, 1.54) is 12.6 Å². The van der Waals surface area contributed by atoms with Gasteiger partial charge in [-0.05, 0) is 50.3 Å². The van der Waals surface area contributed by atoms with Gasteiger partial charge in [0.2, 0.25) is 5.91 Å².